The maximum Gasteiger partial charge on any atom is 0.116 e. The summed E-state index contributed by atoms with van der Waals surface area (Å²) in [4.78, 5) is 0. The van der Waals surface area contributed by atoms with Gasteiger partial charge in [0.25, 0.3) is 0 Å². The molecule has 0 fully saturated rings. The van der Waals surface area contributed by atoms with Gasteiger partial charge in [-0.2, -0.15) is 0 Å². The largest absolute Gasteiger partial charge is 0.401 e. The van der Waals surface area contributed by atoms with Crippen molar-refractivity contribution in [2.24, 2.45) is 5.73 Å². The summed E-state index contributed by atoms with van der Waals surface area (Å²) in [6, 6.07) is 51.1. The number of allylic oxidation sites excluding steroid dienone is 5. The minimum Gasteiger partial charge on any atom is -0.401 e. The summed E-state index contributed by atoms with van der Waals surface area (Å²) in [5.74, 6) is 0.738. The maximum atomic E-state index is 7.07. The van der Waals surface area contributed by atoms with E-state index in [0.717, 1.165) is 52.4 Å². The molecule has 2 aliphatic carbocycles. The van der Waals surface area contributed by atoms with E-state index in [2.05, 4.69) is 168 Å². The average molecular weight is 708 g/mol. The average Bonchev–Trinajstić information content (AvgIpc) is 3.71. The van der Waals surface area contributed by atoms with Gasteiger partial charge in [0.15, 0.2) is 0 Å². The van der Waals surface area contributed by atoms with Gasteiger partial charge in [0.05, 0.1) is 5.69 Å². The minimum absolute atomic E-state index is 0.738. The summed E-state index contributed by atoms with van der Waals surface area (Å²) in [6.45, 7) is 4.09. The van der Waals surface area contributed by atoms with Crippen LogP contribution in [0.1, 0.15) is 37.1 Å². The highest BCUT2D eigenvalue weighted by Gasteiger charge is 2.32. The molecular formula is C52H41N3. The van der Waals surface area contributed by atoms with Crippen LogP contribution in [0.5, 0.6) is 0 Å². The number of benzene rings is 7. The molecule has 0 bridgehead atoms. The summed E-state index contributed by atoms with van der Waals surface area (Å²) in [7, 11) is 0. The normalized spacial score (nSPS) is 13.4. The number of nitrogen functional groups attached to an aromatic ring is 1. The molecule has 0 amide bonds. The summed E-state index contributed by atoms with van der Waals surface area (Å²) in [5.41, 5.74) is 32.7. The summed E-state index contributed by atoms with van der Waals surface area (Å²) in [5, 5.41) is 5.06. The molecule has 3 nitrogen and oxygen atoms in total. The molecule has 0 saturated heterocycles. The van der Waals surface area contributed by atoms with Crippen molar-refractivity contribution in [1.29, 1.82) is 0 Å². The van der Waals surface area contributed by atoms with Crippen LogP contribution in [-0.4, -0.2) is 4.57 Å². The lowest BCUT2D eigenvalue weighted by molar-refractivity contribution is 0.889. The molecule has 0 saturated carbocycles. The molecule has 2 aliphatic rings. The van der Waals surface area contributed by atoms with E-state index in [1.807, 2.05) is 13.8 Å². The predicted molar refractivity (Wildman–Crippen MR) is 235 cm³/mol. The van der Waals surface area contributed by atoms with Gasteiger partial charge in [-0.15, -0.1) is 0 Å². The summed E-state index contributed by atoms with van der Waals surface area (Å²) in [6.07, 6.45) is 10.1. The Morgan fingerprint density at radius 1 is 0.509 bits per heavy atom. The molecular weight excluding hydrogens is 667 g/mol. The Morgan fingerprint density at radius 2 is 1.07 bits per heavy atom. The second-order valence-corrected chi connectivity index (χ2v) is 14.6. The second kappa shape index (κ2) is 12.9. The van der Waals surface area contributed by atoms with Gasteiger partial charge in [-0.25, -0.2) is 0 Å². The van der Waals surface area contributed by atoms with Crippen molar-refractivity contribution in [3.05, 3.63) is 180 Å². The van der Waals surface area contributed by atoms with Gasteiger partial charge < -0.3 is 11.5 Å². The number of anilines is 1. The first kappa shape index (κ1) is 32.8. The van der Waals surface area contributed by atoms with Crippen LogP contribution in [0.25, 0.3) is 94.5 Å². The Hall–Kier alpha value is -6.84. The quantitative estimate of drug-likeness (QED) is 0.181. The van der Waals surface area contributed by atoms with E-state index in [4.69, 9.17) is 11.5 Å². The van der Waals surface area contributed by atoms with E-state index in [1.165, 1.54) is 77.2 Å². The molecule has 10 rings (SSSR count). The van der Waals surface area contributed by atoms with Crippen molar-refractivity contribution in [3.8, 4) is 61.3 Å². The number of nitrogens with zero attached hydrogens (tertiary/aromatic N) is 1. The van der Waals surface area contributed by atoms with Gasteiger partial charge in [-0.3, -0.25) is 4.57 Å². The highest BCUT2D eigenvalue weighted by atomic mass is 15.1. The van der Waals surface area contributed by atoms with Gasteiger partial charge in [0.2, 0.25) is 0 Å². The lowest BCUT2D eigenvalue weighted by Crippen LogP contribution is -2.13. The molecule has 1 aromatic heterocycles. The molecule has 0 atom stereocenters. The van der Waals surface area contributed by atoms with Crippen LogP contribution in [0.3, 0.4) is 0 Å². The van der Waals surface area contributed by atoms with E-state index in [-0.39, 0.29) is 0 Å². The summed E-state index contributed by atoms with van der Waals surface area (Å²) < 4.78 is 2.22. The first-order chi connectivity index (χ1) is 27.1. The van der Waals surface area contributed by atoms with E-state index < -0.39 is 0 Å². The Balaban J connectivity index is 1.24. The number of aromatic nitrogens is 1. The summed E-state index contributed by atoms with van der Waals surface area (Å²) >= 11 is 0. The van der Waals surface area contributed by atoms with Crippen LogP contribution in [0.2, 0.25) is 0 Å². The molecule has 0 aliphatic heterocycles. The molecule has 4 N–H and O–H groups in total. The third-order valence-electron chi connectivity index (χ3n) is 11.6. The van der Waals surface area contributed by atoms with Gasteiger partial charge in [-0.05, 0) is 122 Å². The Kier molecular flexibility index (Phi) is 7.71. The van der Waals surface area contributed by atoms with Crippen molar-refractivity contribution < 1.29 is 0 Å². The SMILES string of the molecule is C/C=C\C1=C(N)CCc2c(/C=C\C)c(N)n(-c3cccc(-c4ccc5c6c(cccc46)-c4c-5c(-c5ccccc5)c5ccccc5c4-c4ccccc4)c3)c21. The number of hydrogen-bond acceptors (Lipinski definition) is 2. The van der Waals surface area contributed by atoms with Gasteiger partial charge in [-0.1, -0.05) is 152 Å². The number of fused-ring (bicyclic) bond motifs is 5. The molecule has 1 heterocycles. The van der Waals surface area contributed by atoms with Gasteiger partial charge >= 0.3 is 0 Å². The molecule has 264 valence electrons. The Morgan fingerprint density at radius 3 is 1.73 bits per heavy atom. The van der Waals surface area contributed by atoms with E-state index in [0.29, 0.717) is 0 Å². The molecule has 8 aromatic rings. The fraction of sp³-hybridized carbons (Fsp3) is 0.0769. The van der Waals surface area contributed by atoms with Crippen LogP contribution in [-0.2, 0) is 6.42 Å². The molecule has 7 aromatic carbocycles. The first-order valence-corrected chi connectivity index (χ1v) is 19.2. The lowest BCUT2D eigenvalue weighted by atomic mass is 9.82. The van der Waals surface area contributed by atoms with Crippen molar-refractivity contribution in [1.82, 2.24) is 4.57 Å². The van der Waals surface area contributed by atoms with Crippen molar-refractivity contribution in [2.45, 2.75) is 26.7 Å². The van der Waals surface area contributed by atoms with E-state index in [1.54, 1.807) is 0 Å². The van der Waals surface area contributed by atoms with Crippen molar-refractivity contribution in [3.63, 3.8) is 0 Å². The Bertz CT molecular complexity index is 2850. The topological polar surface area (TPSA) is 57.0 Å². The number of rotatable bonds is 6. The zero-order chi connectivity index (χ0) is 37.2. The molecule has 55 heavy (non-hydrogen) atoms. The molecule has 0 radical (unpaired) electrons. The second-order valence-electron chi connectivity index (χ2n) is 14.6. The fourth-order valence-electron chi connectivity index (χ4n) is 9.39. The van der Waals surface area contributed by atoms with Crippen LogP contribution in [0, 0.1) is 0 Å². The maximum absolute atomic E-state index is 7.07. The van der Waals surface area contributed by atoms with Crippen molar-refractivity contribution in [2.75, 3.05) is 5.73 Å². The van der Waals surface area contributed by atoms with Crippen molar-refractivity contribution >= 4 is 39.0 Å². The van der Waals surface area contributed by atoms with Gasteiger partial charge in [0.1, 0.15) is 5.82 Å². The standard InChI is InChI=1S/C52H41N3/c1-3-15-41-40-29-30-45(53)42(16-4-2)51(40)55(52(41)54)35-22-13-21-34(31-35)36-27-28-44-48-37(36)25-14-26-43(48)49-46(32-17-7-5-8-18-32)38-23-11-12-24-39(38)47(50(44)49)33-19-9-6-10-20-33/h3-28,31H,29-30,53-54H2,1-2H3/b15-3-,16-4-. The third-order valence-corrected chi connectivity index (χ3v) is 11.6. The predicted octanol–water partition coefficient (Wildman–Crippen LogP) is 13.2. The van der Waals surface area contributed by atoms with E-state index in [9.17, 15) is 0 Å². The van der Waals surface area contributed by atoms with Crippen LogP contribution < -0.4 is 11.5 Å². The van der Waals surface area contributed by atoms with Crippen LogP contribution in [0.15, 0.2) is 163 Å². The smallest absolute Gasteiger partial charge is 0.116 e. The van der Waals surface area contributed by atoms with Crippen LogP contribution >= 0.6 is 0 Å². The third kappa shape index (κ3) is 4.90. The van der Waals surface area contributed by atoms with Crippen LogP contribution in [0.4, 0.5) is 5.82 Å². The monoisotopic (exact) mass is 707 g/mol. The molecule has 0 spiro atoms. The zero-order valence-electron chi connectivity index (χ0n) is 31.1. The Labute approximate surface area is 322 Å². The zero-order valence-corrected chi connectivity index (χ0v) is 31.1. The number of nitrogens with two attached hydrogens (primary N) is 2. The molecule has 0 unspecified atom stereocenters. The minimum atomic E-state index is 0.738. The first-order valence-electron chi connectivity index (χ1n) is 19.2. The van der Waals surface area contributed by atoms with E-state index >= 15 is 0 Å². The van der Waals surface area contributed by atoms with Gasteiger partial charge in [0, 0.05) is 22.5 Å². The lowest BCUT2D eigenvalue weighted by Gasteiger charge is -2.20. The highest BCUT2D eigenvalue weighted by Crippen LogP contribution is 2.58. The number of hydrogen-bond donors (Lipinski definition) is 2. The fourth-order valence-corrected chi connectivity index (χ4v) is 9.39. The highest BCUT2D eigenvalue weighted by molar-refractivity contribution is 6.28. The molecule has 3 heteroatoms.